The van der Waals surface area contributed by atoms with Gasteiger partial charge in [-0.2, -0.15) is 0 Å². The molecule has 0 bridgehead atoms. The van der Waals surface area contributed by atoms with Crippen molar-refractivity contribution in [3.63, 3.8) is 0 Å². The Morgan fingerprint density at radius 3 is 2.90 bits per heavy atom. The summed E-state index contributed by atoms with van der Waals surface area (Å²) >= 11 is 0. The monoisotopic (exact) mass is 274 g/mol. The number of Topliss-reactive ketones (excluding diaryl/α,β-unsaturated/α-hetero) is 1. The summed E-state index contributed by atoms with van der Waals surface area (Å²) in [4.78, 5) is 19.7. The van der Waals surface area contributed by atoms with E-state index in [1.165, 1.54) is 6.92 Å². The number of rotatable bonds is 6. The maximum atomic E-state index is 11.3. The third-order valence-electron chi connectivity index (χ3n) is 2.92. The van der Waals surface area contributed by atoms with Gasteiger partial charge in [-0.1, -0.05) is 6.92 Å². The second-order valence-corrected chi connectivity index (χ2v) is 4.54. The minimum Gasteiger partial charge on any atom is -0.347 e. The third-order valence-corrected chi connectivity index (χ3v) is 2.92. The van der Waals surface area contributed by atoms with Crippen molar-refractivity contribution < 1.29 is 4.79 Å². The summed E-state index contributed by atoms with van der Waals surface area (Å²) in [6.07, 6.45) is 4.28. The topological polar surface area (TPSA) is 85.6 Å². The predicted octanol–water partition coefficient (Wildman–Crippen LogP) is 1.60. The molecule has 0 aromatic carbocycles. The van der Waals surface area contributed by atoms with Crippen molar-refractivity contribution in [1.82, 2.24) is 24.7 Å². The van der Waals surface area contributed by atoms with Crippen LogP contribution in [0, 0.1) is 6.92 Å². The summed E-state index contributed by atoms with van der Waals surface area (Å²) in [5.41, 5.74) is 1.22. The summed E-state index contributed by atoms with van der Waals surface area (Å²) in [6.45, 7) is 6.78. The Hall–Kier alpha value is -2.31. The molecule has 7 heteroatoms. The predicted molar refractivity (Wildman–Crippen MR) is 74.4 cm³/mol. The average molecular weight is 274 g/mol. The number of hydrogen-bond donors (Lipinski definition) is 1. The molecule has 2 heterocycles. The molecule has 2 aromatic rings. The number of ketones is 1. The number of nitrogens with one attached hydrogen (secondary N) is 1. The Morgan fingerprint density at radius 2 is 2.25 bits per heavy atom. The molecule has 0 saturated carbocycles. The van der Waals surface area contributed by atoms with E-state index >= 15 is 0 Å². The molecule has 0 fully saturated rings. The van der Waals surface area contributed by atoms with Crippen LogP contribution in [0.1, 0.15) is 42.1 Å². The van der Waals surface area contributed by atoms with Crippen molar-refractivity contribution in [2.45, 2.75) is 40.3 Å². The van der Waals surface area contributed by atoms with Crippen molar-refractivity contribution in [2.24, 2.45) is 0 Å². The van der Waals surface area contributed by atoms with E-state index in [0.29, 0.717) is 23.8 Å². The molecule has 0 aliphatic carbocycles. The first kappa shape index (κ1) is 14.1. The van der Waals surface area contributed by atoms with Gasteiger partial charge in [0.2, 0.25) is 5.95 Å². The third kappa shape index (κ3) is 3.17. The molecule has 1 N–H and O–H groups in total. The van der Waals surface area contributed by atoms with E-state index in [1.807, 2.05) is 4.57 Å². The lowest BCUT2D eigenvalue weighted by atomic mass is 10.2. The number of hydrogen-bond acceptors (Lipinski definition) is 6. The minimum absolute atomic E-state index is 0.0308. The van der Waals surface area contributed by atoms with Crippen LogP contribution in [-0.4, -0.2) is 30.5 Å². The molecule has 0 amide bonds. The zero-order valence-electron chi connectivity index (χ0n) is 11.9. The fourth-order valence-corrected chi connectivity index (χ4v) is 1.90. The number of anilines is 1. The number of aromatic nitrogens is 5. The van der Waals surface area contributed by atoms with Crippen LogP contribution in [0.3, 0.4) is 0 Å². The van der Waals surface area contributed by atoms with Crippen molar-refractivity contribution in [2.75, 3.05) is 5.32 Å². The van der Waals surface area contributed by atoms with E-state index in [-0.39, 0.29) is 5.78 Å². The fourth-order valence-electron chi connectivity index (χ4n) is 1.90. The second kappa shape index (κ2) is 6.23. The van der Waals surface area contributed by atoms with Gasteiger partial charge < -0.3 is 9.88 Å². The van der Waals surface area contributed by atoms with Crippen LogP contribution >= 0.6 is 0 Å². The number of aryl methyl sites for hydroxylation is 2. The molecule has 7 nitrogen and oxygen atoms in total. The standard InChI is InChI=1S/C13H18N6O/c1-4-5-19-8-16-18-12(19)7-15-13-14-6-11(10(3)20)9(2)17-13/h6,8H,4-5,7H2,1-3H3,(H,14,15,17). The van der Waals surface area contributed by atoms with E-state index in [0.717, 1.165) is 18.8 Å². The lowest BCUT2D eigenvalue weighted by molar-refractivity contribution is 0.101. The van der Waals surface area contributed by atoms with Gasteiger partial charge in [0.1, 0.15) is 6.33 Å². The van der Waals surface area contributed by atoms with Gasteiger partial charge >= 0.3 is 0 Å². The molecule has 106 valence electrons. The molecule has 0 aliphatic rings. The molecule has 0 saturated heterocycles. The van der Waals surface area contributed by atoms with Gasteiger partial charge in [-0.3, -0.25) is 4.79 Å². The molecule has 2 aromatic heterocycles. The Labute approximate surface area is 117 Å². The molecule has 0 radical (unpaired) electrons. The van der Waals surface area contributed by atoms with Gasteiger partial charge in [0, 0.05) is 12.7 Å². The van der Waals surface area contributed by atoms with Crippen molar-refractivity contribution in [3.05, 3.63) is 29.6 Å². The Bertz CT molecular complexity index is 607. The number of carbonyl (C=O) groups excluding carboxylic acids is 1. The van der Waals surface area contributed by atoms with Crippen molar-refractivity contribution >= 4 is 11.7 Å². The summed E-state index contributed by atoms with van der Waals surface area (Å²) in [6, 6.07) is 0. The highest BCUT2D eigenvalue weighted by molar-refractivity contribution is 5.94. The first-order chi connectivity index (χ1) is 9.61. The zero-order chi connectivity index (χ0) is 14.5. The van der Waals surface area contributed by atoms with Crippen LogP contribution in [0.2, 0.25) is 0 Å². The van der Waals surface area contributed by atoms with Gasteiger partial charge in [0.05, 0.1) is 17.8 Å². The maximum absolute atomic E-state index is 11.3. The highest BCUT2D eigenvalue weighted by Crippen LogP contribution is 2.08. The van der Waals surface area contributed by atoms with Crippen molar-refractivity contribution in [3.8, 4) is 0 Å². The largest absolute Gasteiger partial charge is 0.347 e. The van der Waals surface area contributed by atoms with Crippen molar-refractivity contribution in [1.29, 1.82) is 0 Å². The molecule has 0 aliphatic heterocycles. The number of nitrogens with zero attached hydrogens (tertiary/aromatic N) is 5. The average Bonchev–Trinajstić information content (AvgIpc) is 2.84. The molecule has 0 atom stereocenters. The zero-order valence-corrected chi connectivity index (χ0v) is 11.9. The molecular formula is C13H18N6O. The maximum Gasteiger partial charge on any atom is 0.223 e. The lowest BCUT2D eigenvalue weighted by Gasteiger charge is -2.08. The van der Waals surface area contributed by atoms with E-state index in [9.17, 15) is 4.79 Å². The first-order valence-electron chi connectivity index (χ1n) is 6.57. The van der Waals surface area contributed by atoms with E-state index in [2.05, 4.69) is 32.4 Å². The highest BCUT2D eigenvalue weighted by atomic mass is 16.1. The van der Waals surface area contributed by atoms with Gasteiger partial charge in [-0.05, 0) is 20.3 Å². The van der Waals surface area contributed by atoms with E-state index in [4.69, 9.17) is 0 Å². The summed E-state index contributed by atoms with van der Waals surface area (Å²) in [5, 5.41) is 11.1. The van der Waals surface area contributed by atoms with Gasteiger partial charge in [-0.25, -0.2) is 9.97 Å². The molecule has 0 spiro atoms. The van der Waals surface area contributed by atoms with E-state index < -0.39 is 0 Å². The van der Waals surface area contributed by atoms with Crippen LogP contribution in [0.4, 0.5) is 5.95 Å². The van der Waals surface area contributed by atoms with E-state index in [1.54, 1.807) is 19.4 Å². The molecular weight excluding hydrogens is 256 g/mol. The highest BCUT2D eigenvalue weighted by Gasteiger charge is 2.08. The smallest absolute Gasteiger partial charge is 0.223 e. The molecule has 2 rings (SSSR count). The number of carbonyl (C=O) groups is 1. The Balaban J connectivity index is 2.05. The van der Waals surface area contributed by atoms with Gasteiger partial charge in [0.15, 0.2) is 11.6 Å². The van der Waals surface area contributed by atoms with Gasteiger partial charge in [-0.15, -0.1) is 10.2 Å². The molecule has 20 heavy (non-hydrogen) atoms. The quantitative estimate of drug-likeness (QED) is 0.805. The summed E-state index contributed by atoms with van der Waals surface area (Å²) in [7, 11) is 0. The summed E-state index contributed by atoms with van der Waals surface area (Å²) in [5.74, 6) is 1.29. The van der Waals surface area contributed by atoms with Crippen LogP contribution in [0.15, 0.2) is 12.5 Å². The lowest BCUT2D eigenvalue weighted by Crippen LogP contribution is -2.11. The molecule has 0 unspecified atom stereocenters. The Morgan fingerprint density at radius 1 is 1.45 bits per heavy atom. The first-order valence-corrected chi connectivity index (χ1v) is 6.57. The fraction of sp³-hybridized carbons (Fsp3) is 0.462. The Kier molecular flexibility index (Phi) is 4.39. The van der Waals surface area contributed by atoms with Gasteiger partial charge in [0.25, 0.3) is 0 Å². The summed E-state index contributed by atoms with van der Waals surface area (Å²) < 4.78 is 1.99. The van der Waals surface area contributed by atoms with Crippen LogP contribution < -0.4 is 5.32 Å². The van der Waals surface area contributed by atoms with Crippen LogP contribution in [0.5, 0.6) is 0 Å². The normalized spacial score (nSPS) is 10.6. The van der Waals surface area contributed by atoms with Crippen LogP contribution in [-0.2, 0) is 13.1 Å². The minimum atomic E-state index is -0.0308. The van der Waals surface area contributed by atoms with Crippen LogP contribution in [0.25, 0.3) is 0 Å². The SMILES string of the molecule is CCCn1cnnc1CNc1ncc(C(C)=O)c(C)n1. The second-order valence-electron chi connectivity index (χ2n) is 4.54.